The van der Waals surface area contributed by atoms with Crippen molar-refractivity contribution in [3.63, 3.8) is 0 Å². The average molecular weight is 222 g/mol. The Morgan fingerprint density at radius 3 is 2.56 bits per heavy atom. The number of nitrogens with one attached hydrogen (secondary N) is 1. The quantitative estimate of drug-likeness (QED) is 0.568. The first kappa shape index (κ1) is 12.8. The number of nitrogens with zero attached hydrogens (tertiary/aromatic N) is 1. The van der Waals surface area contributed by atoms with Gasteiger partial charge in [-0.05, 0) is 19.9 Å². The van der Waals surface area contributed by atoms with Crippen molar-refractivity contribution < 1.29 is 9.47 Å². The Bertz CT molecular complexity index is 308. The van der Waals surface area contributed by atoms with Gasteiger partial charge in [0.05, 0.1) is 0 Å². The minimum absolute atomic E-state index is 0.331. The Kier molecular flexibility index (Phi) is 5.67. The van der Waals surface area contributed by atoms with Crippen LogP contribution >= 0.6 is 0 Å². The molecule has 0 amide bonds. The van der Waals surface area contributed by atoms with Crippen molar-refractivity contribution >= 4 is 5.71 Å². The van der Waals surface area contributed by atoms with E-state index in [9.17, 15) is 0 Å². The van der Waals surface area contributed by atoms with Crippen molar-refractivity contribution in [3.8, 4) is 0 Å². The fraction of sp³-hybridized carbons (Fsp3) is 0.500. The van der Waals surface area contributed by atoms with Gasteiger partial charge in [0.2, 0.25) is 0 Å². The molecule has 0 atom stereocenters. The third-order valence-corrected chi connectivity index (χ3v) is 2.09. The summed E-state index contributed by atoms with van der Waals surface area (Å²) in [5.74, 6) is 0. The van der Waals surface area contributed by atoms with Crippen molar-refractivity contribution in [2.75, 3.05) is 13.2 Å². The Balaban J connectivity index is 2.54. The number of rotatable bonds is 7. The monoisotopic (exact) mass is 222 g/mol. The first-order valence-corrected chi connectivity index (χ1v) is 5.49. The van der Waals surface area contributed by atoms with Gasteiger partial charge < -0.3 is 14.9 Å². The van der Waals surface area contributed by atoms with Gasteiger partial charge in [0.15, 0.2) is 6.29 Å². The van der Waals surface area contributed by atoms with Crippen LogP contribution in [0.5, 0.6) is 0 Å². The average Bonchev–Trinajstić information content (AvgIpc) is 2.31. The minimum Gasteiger partial charge on any atom is -0.353 e. The van der Waals surface area contributed by atoms with E-state index >= 15 is 0 Å². The minimum atomic E-state index is -0.331. The third kappa shape index (κ3) is 4.08. The van der Waals surface area contributed by atoms with Gasteiger partial charge in [-0.1, -0.05) is 6.07 Å². The van der Waals surface area contributed by atoms with Gasteiger partial charge in [-0.25, -0.2) is 0 Å². The van der Waals surface area contributed by atoms with Gasteiger partial charge in [0.1, 0.15) is 0 Å². The highest BCUT2D eigenvalue weighted by Gasteiger charge is 2.12. The van der Waals surface area contributed by atoms with Crippen molar-refractivity contribution in [1.29, 1.82) is 5.41 Å². The summed E-state index contributed by atoms with van der Waals surface area (Å²) in [5.41, 5.74) is 1.30. The highest BCUT2D eigenvalue weighted by Crippen LogP contribution is 2.08. The first-order chi connectivity index (χ1) is 7.77. The maximum absolute atomic E-state index is 7.92. The summed E-state index contributed by atoms with van der Waals surface area (Å²) >= 11 is 0. The number of hydrogen-bond acceptors (Lipinski definition) is 4. The number of pyridine rings is 1. The predicted octanol–water partition coefficient (Wildman–Crippen LogP) is 2.24. The van der Waals surface area contributed by atoms with E-state index in [0.717, 1.165) is 5.56 Å². The molecule has 1 heterocycles. The largest absolute Gasteiger partial charge is 0.353 e. The standard InChI is InChI=1S/C12H18N2O2/c1-3-15-12(16-4-2)8-11(13)10-6-5-7-14-9-10/h5-7,9,12-13H,3-4,8H2,1-2H3. The Morgan fingerprint density at radius 1 is 1.38 bits per heavy atom. The molecular formula is C12H18N2O2. The van der Waals surface area contributed by atoms with Crippen LogP contribution in [0.15, 0.2) is 24.5 Å². The second kappa shape index (κ2) is 7.09. The lowest BCUT2D eigenvalue weighted by molar-refractivity contribution is -0.130. The molecule has 0 spiro atoms. The smallest absolute Gasteiger partial charge is 0.163 e. The lowest BCUT2D eigenvalue weighted by Crippen LogP contribution is -2.21. The molecule has 0 aliphatic carbocycles. The third-order valence-electron chi connectivity index (χ3n) is 2.09. The molecule has 0 aliphatic rings. The molecule has 0 bridgehead atoms. The van der Waals surface area contributed by atoms with Crippen molar-refractivity contribution in [2.45, 2.75) is 26.6 Å². The molecule has 0 aliphatic heterocycles. The van der Waals surface area contributed by atoms with Crippen LogP contribution in [0, 0.1) is 5.41 Å². The molecular weight excluding hydrogens is 204 g/mol. The molecule has 1 N–H and O–H groups in total. The molecule has 0 aromatic carbocycles. The number of ether oxygens (including phenoxy) is 2. The molecule has 4 nitrogen and oxygen atoms in total. The van der Waals surface area contributed by atoms with E-state index in [4.69, 9.17) is 14.9 Å². The molecule has 0 unspecified atom stereocenters. The van der Waals surface area contributed by atoms with Crippen molar-refractivity contribution in [3.05, 3.63) is 30.1 Å². The highest BCUT2D eigenvalue weighted by atomic mass is 16.7. The molecule has 1 aromatic heterocycles. The van der Waals surface area contributed by atoms with Gasteiger partial charge in [0, 0.05) is 43.3 Å². The molecule has 0 saturated heterocycles. The van der Waals surface area contributed by atoms with Gasteiger partial charge in [-0.2, -0.15) is 0 Å². The zero-order valence-corrected chi connectivity index (χ0v) is 9.77. The molecule has 0 radical (unpaired) electrons. The van der Waals surface area contributed by atoms with Crippen LogP contribution in [0.4, 0.5) is 0 Å². The number of hydrogen-bond donors (Lipinski definition) is 1. The molecule has 88 valence electrons. The summed E-state index contributed by atoms with van der Waals surface area (Å²) < 4.78 is 10.8. The highest BCUT2D eigenvalue weighted by molar-refractivity contribution is 5.98. The topological polar surface area (TPSA) is 55.2 Å². The second-order valence-electron chi connectivity index (χ2n) is 3.26. The van der Waals surface area contributed by atoms with E-state index in [1.165, 1.54) is 0 Å². The number of aromatic nitrogens is 1. The summed E-state index contributed by atoms with van der Waals surface area (Å²) in [6.45, 7) is 5.01. The predicted molar refractivity (Wildman–Crippen MR) is 62.7 cm³/mol. The zero-order chi connectivity index (χ0) is 11.8. The van der Waals surface area contributed by atoms with Crippen LogP contribution in [0.25, 0.3) is 0 Å². The maximum atomic E-state index is 7.92. The van der Waals surface area contributed by atoms with Gasteiger partial charge in [-0.15, -0.1) is 0 Å². The van der Waals surface area contributed by atoms with Crippen LogP contribution in [0.1, 0.15) is 25.8 Å². The Hall–Kier alpha value is -1.26. The lowest BCUT2D eigenvalue weighted by atomic mass is 10.1. The Labute approximate surface area is 96.1 Å². The van der Waals surface area contributed by atoms with E-state index in [0.29, 0.717) is 25.3 Å². The van der Waals surface area contributed by atoms with E-state index < -0.39 is 0 Å². The summed E-state index contributed by atoms with van der Waals surface area (Å²) in [4.78, 5) is 3.98. The molecule has 1 aromatic rings. The van der Waals surface area contributed by atoms with Gasteiger partial charge >= 0.3 is 0 Å². The SMILES string of the molecule is CCOC(CC(=N)c1cccnc1)OCC. The molecule has 16 heavy (non-hydrogen) atoms. The summed E-state index contributed by atoms with van der Waals surface area (Å²) in [6.07, 6.45) is 3.49. The molecule has 0 saturated carbocycles. The van der Waals surface area contributed by atoms with Crippen LogP contribution in [-0.4, -0.2) is 30.2 Å². The molecule has 4 heteroatoms. The summed E-state index contributed by atoms with van der Waals surface area (Å²) in [6, 6.07) is 3.69. The van der Waals surface area contributed by atoms with Crippen LogP contribution in [-0.2, 0) is 9.47 Å². The van der Waals surface area contributed by atoms with E-state index in [2.05, 4.69) is 4.98 Å². The van der Waals surface area contributed by atoms with Crippen molar-refractivity contribution in [2.24, 2.45) is 0 Å². The normalized spacial score (nSPS) is 10.7. The lowest BCUT2D eigenvalue weighted by Gasteiger charge is -2.17. The maximum Gasteiger partial charge on any atom is 0.163 e. The van der Waals surface area contributed by atoms with Gasteiger partial charge in [0.25, 0.3) is 0 Å². The Morgan fingerprint density at radius 2 is 2.06 bits per heavy atom. The van der Waals surface area contributed by atoms with Gasteiger partial charge in [-0.3, -0.25) is 4.98 Å². The summed E-state index contributed by atoms with van der Waals surface area (Å²) in [7, 11) is 0. The second-order valence-corrected chi connectivity index (χ2v) is 3.26. The van der Waals surface area contributed by atoms with Crippen LogP contribution in [0.2, 0.25) is 0 Å². The van der Waals surface area contributed by atoms with Crippen LogP contribution < -0.4 is 0 Å². The van der Waals surface area contributed by atoms with Crippen LogP contribution in [0.3, 0.4) is 0 Å². The van der Waals surface area contributed by atoms with Crippen molar-refractivity contribution in [1.82, 2.24) is 4.98 Å². The summed E-state index contributed by atoms with van der Waals surface area (Å²) in [5, 5.41) is 7.92. The zero-order valence-electron chi connectivity index (χ0n) is 9.77. The fourth-order valence-corrected chi connectivity index (χ4v) is 1.36. The first-order valence-electron chi connectivity index (χ1n) is 5.49. The molecule has 0 fully saturated rings. The molecule has 1 rings (SSSR count). The van der Waals surface area contributed by atoms with E-state index in [1.807, 2.05) is 26.0 Å². The van der Waals surface area contributed by atoms with E-state index in [-0.39, 0.29) is 6.29 Å². The van der Waals surface area contributed by atoms with E-state index in [1.54, 1.807) is 12.4 Å². The fourth-order valence-electron chi connectivity index (χ4n) is 1.36.